The summed E-state index contributed by atoms with van der Waals surface area (Å²) >= 11 is 0. The highest BCUT2D eigenvalue weighted by Crippen LogP contribution is 2.12. The van der Waals surface area contributed by atoms with Crippen molar-refractivity contribution in [1.82, 2.24) is 14.9 Å². The SMILES string of the molecule is CN(CC(=O)c1ccc2[nH]c(=O)[nH]c2c1)Cc1ccco1. The summed E-state index contributed by atoms with van der Waals surface area (Å²) in [5.74, 6) is 0.809. The van der Waals surface area contributed by atoms with Crippen molar-refractivity contribution in [3.63, 3.8) is 0 Å². The highest BCUT2D eigenvalue weighted by molar-refractivity contribution is 6.00. The van der Waals surface area contributed by atoms with Crippen LogP contribution in [0.4, 0.5) is 0 Å². The highest BCUT2D eigenvalue weighted by atomic mass is 16.3. The van der Waals surface area contributed by atoms with Crippen LogP contribution >= 0.6 is 0 Å². The molecular weight excluding hydrogens is 270 g/mol. The predicted molar refractivity (Wildman–Crippen MR) is 78.3 cm³/mol. The smallest absolute Gasteiger partial charge is 0.323 e. The number of ketones is 1. The number of hydrogen-bond donors (Lipinski definition) is 2. The maximum Gasteiger partial charge on any atom is 0.323 e. The molecular formula is C15H15N3O3. The minimum absolute atomic E-state index is 0.00648. The summed E-state index contributed by atoms with van der Waals surface area (Å²) in [6, 6.07) is 8.83. The van der Waals surface area contributed by atoms with E-state index in [1.54, 1.807) is 24.5 Å². The zero-order chi connectivity index (χ0) is 14.8. The molecule has 6 nitrogen and oxygen atoms in total. The third kappa shape index (κ3) is 2.95. The van der Waals surface area contributed by atoms with Crippen molar-refractivity contribution >= 4 is 16.8 Å². The Morgan fingerprint density at radius 2 is 2.05 bits per heavy atom. The number of benzene rings is 1. The van der Waals surface area contributed by atoms with Gasteiger partial charge in [0, 0.05) is 5.56 Å². The van der Waals surface area contributed by atoms with E-state index in [2.05, 4.69) is 9.97 Å². The average Bonchev–Trinajstić information content (AvgIpc) is 3.05. The van der Waals surface area contributed by atoms with Gasteiger partial charge in [-0.3, -0.25) is 9.69 Å². The van der Waals surface area contributed by atoms with Gasteiger partial charge in [0.1, 0.15) is 5.76 Å². The largest absolute Gasteiger partial charge is 0.468 e. The number of imidazole rings is 1. The van der Waals surface area contributed by atoms with Crippen molar-refractivity contribution in [3.05, 3.63) is 58.4 Å². The Bertz CT molecular complexity index is 814. The van der Waals surface area contributed by atoms with Crippen LogP contribution < -0.4 is 5.69 Å². The van der Waals surface area contributed by atoms with E-state index in [0.717, 1.165) is 5.76 Å². The first-order chi connectivity index (χ1) is 10.1. The number of hydrogen-bond acceptors (Lipinski definition) is 4. The van der Waals surface area contributed by atoms with Gasteiger partial charge in [-0.1, -0.05) is 0 Å². The van der Waals surface area contributed by atoms with Gasteiger partial charge in [0.2, 0.25) is 0 Å². The van der Waals surface area contributed by atoms with Gasteiger partial charge in [-0.15, -0.1) is 0 Å². The van der Waals surface area contributed by atoms with Gasteiger partial charge in [-0.2, -0.15) is 0 Å². The van der Waals surface area contributed by atoms with E-state index in [1.807, 2.05) is 24.1 Å². The van der Waals surface area contributed by atoms with Crippen LogP contribution in [-0.4, -0.2) is 34.2 Å². The van der Waals surface area contributed by atoms with Crippen LogP contribution in [0.25, 0.3) is 11.0 Å². The van der Waals surface area contributed by atoms with E-state index in [1.165, 1.54) is 0 Å². The number of Topliss-reactive ketones (excluding diaryl/α,β-unsaturated/α-hetero) is 1. The number of H-pyrrole nitrogens is 2. The first-order valence-corrected chi connectivity index (χ1v) is 6.58. The summed E-state index contributed by atoms with van der Waals surface area (Å²) in [4.78, 5) is 30.7. The molecule has 6 heteroatoms. The molecule has 2 N–H and O–H groups in total. The number of furan rings is 1. The molecule has 0 unspecified atom stereocenters. The highest BCUT2D eigenvalue weighted by Gasteiger charge is 2.12. The number of carbonyl (C=O) groups excluding carboxylic acids is 1. The van der Waals surface area contributed by atoms with Crippen molar-refractivity contribution < 1.29 is 9.21 Å². The van der Waals surface area contributed by atoms with Crippen LogP contribution in [0.2, 0.25) is 0 Å². The molecule has 0 spiro atoms. The van der Waals surface area contributed by atoms with Gasteiger partial charge in [0.25, 0.3) is 0 Å². The van der Waals surface area contributed by atoms with Gasteiger partial charge >= 0.3 is 5.69 Å². The Morgan fingerprint density at radius 1 is 1.24 bits per heavy atom. The van der Waals surface area contributed by atoms with Crippen molar-refractivity contribution in [2.24, 2.45) is 0 Å². The fourth-order valence-corrected chi connectivity index (χ4v) is 2.27. The van der Waals surface area contributed by atoms with Crippen molar-refractivity contribution in [1.29, 1.82) is 0 Å². The number of fused-ring (bicyclic) bond motifs is 1. The molecule has 0 aliphatic carbocycles. The molecule has 0 amide bonds. The summed E-state index contributed by atoms with van der Waals surface area (Å²) < 4.78 is 5.26. The Hall–Kier alpha value is -2.60. The third-order valence-corrected chi connectivity index (χ3v) is 3.26. The van der Waals surface area contributed by atoms with Crippen LogP contribution in [0.3, 0.4) is 0 Å². The average molecular weight is 285 g/mol. The second kappa shape index (κ2) is 5.41. The van der Waals surface area contributed by atoms with Gasteiger partial charge in [-0.25, -0.2) is 4.79 Å². The van der Waals surface area contributed by atoms with E-state index in [0.29, 0.717) is 23.1 Å². The lowest BCUT2D eigenvalue weighted by molar-refractivity contribution is 0.0940. The summed E-state index contributed by atoms with van der Waals surface area (Å²) in [6.45, 7) is 0.850. The second-order valence-electron chi connectivity index (χ2n) is 5.01. The number of carbonyl (C=O) groups is 1. The fraction of sp³-hybridized carbons (Fsp3) is 0.200. The van der Waals surface area contributed by atoms with Crippen LogP contribution in [0, 0.1) is 0 Å². The molecule has 1 aromatic carbocycles. The molecule has 21 heavy (non-hydrogen) atoms. The topological polar surface area (TPSA) is 82.1 Å². The fourth-order valence-electron chi connectivity index (χ4n) is 2.27. The molecule has 3 aromatic rings. The normalized spacial score (nSPS) is 11.3. The number of rotatable bonds is 5. The Labute approximate surface area is 120 Å². The van der Waals surface area contributed by atoms with Gasteiger partial charge in [0.15, 0.2) is 5.78 Å². The van der Waals surface area contributed by atoms with Gasteiger partial charge < -0.3 is 14.4 Å². The van der Waals surface area contributed by atoms with E-state index < -0.39 is 0 Å². The minimum atomic E-state index is -0.274. The molecule has 2 aromatic heterocycles. The number of nitrogens with one attached hydrogen (secondary N) is 2. The lowest BCUT2D eigenvalue weighted by Crippen LogP contribution is -2.25. The molecule has 2 heterocycles. The molecule has 0 fully saturated rings. The summed E-state index contributed by atoms with van der Waals surface area (Å²) in [7, 11) is 1.86. The number of likely N-dealkylation sites (N-methyl/N-ethyl adjacent to an activating group) is 1. The van der Waals surface area contributed by atoms with Crippen molar-refractivity contribution in [2.45, 2.75) is 6.54 Å². The maximum absolute atomic E-state index is 12.3. The number of aromatic amines is 2. The van der Waals surface area contributed by atoms with E-state index in [9.17, 15) is 9.59 Å². The Kier molecular flexibility index (Phi) is 3.45. The Morgan fingerprint density at radius 3 is 2.81 bits per heavy atom. The minimum Gasteiger partial charge on any atom is -0.468 e. The summed E-state index contributed by atoms with van der Waals surface area (Å²) in [6.07, 6.45) is 1.61. The van der Waals surface area contributed by atoms with Crippen molar-refractivity contribution in [2.75, 3.05) is 13.6 Å². The van der Waals surface area contributed by atoms with Gasteiger partial charge in [0.05, 0.1) is 30.4 Å². The van der Waals surface area contributed by atoms with E-state index >= 15 is 0 Å². The van der Waals surface area contributed by atoms with E-state index in [4.69, 9.17) is 4.42 Å². The summed E-state index contributed by atoms with van der Waals surface area (Å²) in [5.41, 5.74) is 1.63. The van der Waals surface area contributed by atoms with Crippen LogP contribution in [-0.2, 0) is 6.54 Å². The monoisotopic (exact) mass is 285 g/mol. The third-order valence-electron chi connectivity index (χ3n) is 3.26. The molecule has 0 radical (unpaired) electrons. The molecule has 0 atom stereocenters. The lowest BCUT2D eigenvalue weighted by Gasteiger charge is -2.14. The number of aromatic nitrogens is 2. The first kappa shape index (κ1) is 13.4. The Balaban J connectivity index is 1.72. The van der Waals surface area contributed by atoms with Gasteiger partial charge in [-0.05, 0) is 37.4 Å². The quantitative estimate of drug-likeness (QED) is 0.700. The van der Waals surface area contributed by atoms with Crippen LogP contribution in [0.1, 0.15) is 16.1 Å². The standard InChI is InChI=1S/C15H15N3O3/c1-18(8-11-3-2-6-21-11)9-14(19)10-4-5-12-13(7-10)17-15(20)16-12/h2-7H,8-9H2,1H3,(H2,16,17,20). The molecule has 0 aliphatic rings. The summed E-state index contributed by atoms with van der Waals surface area (Å²) in [5, 5.41) is 0. The van der Waals surface area contributed by atoms with Crippen LogP contribution in [0.15, 0.2) is 45.8 Å². The first-order valence-electron chi connectivity index (χ1n) is 6.58. The number of nitrogens with zero attached hydrogens (tertiary/aromatic N) is 1. The van der Waals surface area contributed by atoms with Crippen molar-refractivity contribution in [3.8, 4) is 0 Å². The van der Waals surface area contributed by atoms with Crippen LogP contribution in [0.5, 0.6) is 0 Å². The predicted octanol–water partition coefficient (Wildman–Crippen LogP) is 1.76. The molecule has 0 saturated carbocycles. The van der Waals surface area contributed by atoms with E-state index in [-0.39, 0.29) is 18.0 Å². The molecule has 3 rings (SSSR count). The second-order valence-corrected chi connectivity index (χ2v) is 5.01. The molecule has 0 bridgehead atoms. The zero-order valence-electron chi connectivity index (χ0n) is 11.6. The zero-order valence-corrected chi connectivity index (χ0v) is 11.6. The lowest BCUT2D eigenvalue weighted by atomic mass is 10.1. The molecule has 0 aliphatic heterocycles. The molecule has 108 valence electrons. The maximum atomic E-state index is 12.3. The molecule has 0 saturated heterocycles.